The number of aromatic nitrogens is 2. The molecule has 0 bridgehead atoms. The Kier molecular flexibility index (Phi) is 2.65. The van der Waals surface area contributed by atoms with Crippen LogP contribution in [0.1, 0.15) is 23.8 Å². The van der Waals surface area contributed by atoms with Crippen LogP contribution in [0, 0.1) is 0 Å². The highest BCUT2D eigenvalue weighted by atomic mass is 19.4. The van der Waals surface area contributed by atoms with Gasteiger partial charge in [0, 0.05) is 18.3 Å². The van der Waals surface area contributed by atoms with Gasteiger partial charge in [0.15, 0.2) is 0 Å². The quantitative estimate of drug-likeness (QED) is 0.788. The molecule has 1 aliphatic heterocycles. The van der Waals surface area contributed by atoms with Gasteiger partial charge in [-0.1, -0.05) is 0 Å². The van der Waals surface area contributed by atoms with Gasteiger partial charge in [0.05, 0.1) is 0 Å². The zero-order valence-corrected chi connectivity index (χ0v) is 9.19. The number of H-pyrrole nitrogens is 1. The molecule has 1 atom stereocenters. The third-order valence-corrected chi connectivity index (χ3v) is 2.50. The topological polar surface area (TPSA) is 81.6 Å². The van der Waals surface area contributed by atoms with E-state index in [2.05, 4.69) is 15.3 Å². The van der Waals surface area contributed by atoms with Crippen molar-refractivity contribution < 1.29 is 23.1 Å². The van der Waals surface area contributed by atoms with Crippen molar-refractivity contribution in [2.75, 3.05) is 0 Å². The molecule has 0 aliphatic carbocycles. The first-order valence-electron chi connectivity index (χ1n) is 4.93. The summed E-state index contributed by atoms with van der Waals surface area (Å²) >= 11 is 0. The second-order valence-electron chi connectivity index (χ2n) is 3.91. The van der Waals surface area contributed by atoms with Crippen molar-refractivity contribution in [1.82, 2.24) is 15.2 Å². The second-order valence-corrected chi connectivity index (χ2v) is 3.91. The van der Waals surface area contributed by atoms with Crippen LogP contribution in [-0.2, 0) is 0 Å². The highest BCUT2D eigenvalue weighted by Crippen LogP contribution is 2.40. The molecule has 0 spiro atoms. The Balaban J connectivity index is 2.39. The molecule has 18 heavy (non-hydrogen) atoms. The number of hydrazone groups is 1. The number of alkyl halides is 3. The van der Waals surface area contributed by atoms with Gasteiger partial charge in [-0.3, -0.25) is 9.89 Å². The van der Waals surface area contributed by atoms with Crippen LogP contribution in [0.5, 0.6) is 0 Å². The smallest absolute Gasteiger partial charge is 0.362 e. The number of hydrogen-bond donors (Lipinski definition) is 2. The summed E-state index contributed by atoms with van der Waals surface area (Å²) in [6, 6.07) is 1.20. The summed E-state index contributed by atoms with van der Waals surface area (Å²) < 4.78 is 38.5. The fraction of sp³-hybridized carbons (Fsp3) is 0.444. The number of nitrogens with one attached hydrogen (secondary N) is 1. The molecular formula is C9H9F3N4O2. The maximum Gasteiger partial charge on any atom is 0.438 e. The van der Waals surface area contributed by atoms with E-state index in [0.717, 1.165) is 0 Å². The van der Waals surface area contributed by atoms with Crippen LogP contribution in [0.3, 0.4) is 0 Å². The van der Waals surface area contributed by atoms with Crippen LogP contribution in [0.15, 0.2) is 17.4 Å². The molecule has 9 heteroatoms. The van der Waals surface area contributed by atoms with E-state index < -0.39 is 24.2 Å². The summed E-state index contributed by atoms with van der Waals surface area (Å²) in [6.45, 7) is 1.30. The van der Waals surface area contributed by atoms with E-state index in [1.165, 1.54) is 19.2 Å². The SMILES string of the molecule is CC1=NN(C(=O)c2ccn[nH]2)[C@](O)(C(F)(F)F)C1. The van der Waals surface area contributed by atoms with Crippen molar-refractivity contribution in [3.8, 4) is 0 Å². The molecule has 2 N–H and O–H groups in total. The lowest BCUT2D eigenvalue weighted by atomic mass is 10.1. The predicted molar refractivity (Wildman–Crippen MR) is 53.5 cm³/mol. The number of carbonyl (C=O) groups is 1. The van der Waals surface area contributed by atoms with Crippen LogP contribution in [0.2, 0.25) is 0 Å². The first-order chi connectivity index (χ1) is 8.25. The lowest BCUT2D eigenvalue weighted by Gasteiger charge is -2.32. The van der Waals surface area contributed by atoms with E-state index in [-0.39, 0.29) is 16.4 Å². The molecule has 0 unspecified atom stereocenters. The van der Waals surface area contributed by atoms with E-state index in [9.17, 15) is 23.1 Å². The maximum atomic E-state index is 12.8. The van der Waals surface area contributed by atoms with Crippen LogP contribution in [0.4, 0.5) is 13.2 Å². The number of aromatic amines is 1. The standard InChI is InChI=1S/C9H9F3N4O2/c1-5-4-8(18,9(10,11)12)16(15-5)7(17)6-2-3-13-14-6/h2-3,18H,4H2,1H3,(H,13,14)/t8-/m1/s1. The van der Waals surface area contributed by atoms with Crippen molar-refractivity contribution >= 4 is 11.6 Å². The molecule has 1 aromatic rings. The molecule has 1 aliphatic rings. The number of hydrogen-bond acceptors (Lipinski definition) is 4. The zero-order chi connectivity index (χ0) is 13.6. The molecule has 0 radical (unpaired) electrons. The van der Waals surface area contributed by atoms with Crippen LogP contribution in [0.25, 0.3) is 0 Å². The van der Waals surface area contributed by atoms with Gasteiger partial charge in [0.1, 0.15) is 5.69 Å². The third-order valence-electron chi connectivity index (χ3n) is 2.50. The van der Waals surface area contributed by atoms with Crippen molar-refractivity contribution in [3.63, 3.8) is 0 Å². The largest absolute Gasteiger partial charge is 0.438 e. The van der Waals surface area contributed by atoms with Crippen molar-refractivity contribution in [2.24, 2.45) is 5.10 Å². The number of nitrogens with zero attached hydrogens (tertiary/aromatic N) is 3. The number of rotatable bonds is 1. The average Bonchev–Trinajstić information content (AvgIpc) is 2.84. The maximum absolute atomic E-state index is 12.8. The monoisotopic (exact) mass is 262 g/mol. The molecule has 98 valence electrons. The fourth-order valence-electron chi connectivity index (χ4n) is 1.64. The van der Waals surface area contributed by atoms with Crippen LogP contribution >= 0.6 is 0 Å². The van der Waals surface area contributed by atoms with E-state index in [4.69, 9.17) is 0 Å². The lowest BCUT2D eigenvalue weighted by molar-refractivity contribution is -0.297. The van der Waals surface area contributed by atoms with Crippen LogP contribution < -0.4 is 0 Å². The molecule has 2 rings (SSSR count). The Hall–Kier alpha value is -1.90. The Morgan fingerprint density at radius 3 is 2.78 bits per heavy atom. The van der Waals surface area contributed by atoms with Gasteiger partial charge < -0.3 is 5.11 Å². The van der Waals surface area contributed by atoms with Gasteiger partial charge >= 0.3 is 6.18 Å². The first-order valence-corrected chi connectivity index (χ1v) is 4.93. The summed E-state index contributed by atoms with van der Waals surface area (Å²) in [5, 5.41) is 18.8. The Morgan fingerprint density at radius 2 is 2.28 bits per heavy atom. The Labute approximate surface area is 99.1 Å². The van der Waals surface area contributed by atoms with Gasteiger partial charge in [-0.15, -0.1) is 0 Å². The zero-order valence-electron chi connectivity index (χ0n) is 9.19. The van der Waals surface area contributed by atoms with Crippen LogP contribution in [-0.4, -0.2) is 43.8 Å². The lowest BCUT2D eigenvalue weighted by Crippen LogP contribution is -2.56. The molecule has 0 fully saturated rings. The number of amides is 1. The number of carbonyl (C=O) groups excluding carboxylic acids is 1. The van der Waals surface area contributed by atoms with E-state index in [1.54, 1.807) is 0 Å². The molecule has 0 saturated carbocycles. The molecule has 2 heterocycles. The van der Waals surface area contributed by atoms with Crippen molar-refractivity contribution in [2.45, 2.75) is 25.2 Å². The van der Waals surface area contributed by atoms with Gasteiger partial charge in [0.25, 0.3) is 11.6 Å². The summed E-state index contributed by atoms with van der Waals surface area (Å²) in [7, 11) is 0. The Bertz CT molecular complexity index is 496. The molecule has 1 aromatic heterocycles. The van der Waals surface area contributed by atoms with Crippen molar-refractivity contribution in [3.05, 3.63) is 18.0 Å². The molecular weight excluding hydrogens is 253 g/mol. The van der Waals surface area contributed by atoms with Crippen molar-refractivity contribution in [1.29, 1.82) is 0 Å². The normalized spacial score (nSPS) is 24.3. The first kappa shape index (κ1) is 12.6. The van der Waals surface area contributed by atoms with E-state index in [0.29, 0.717) is 0 Å². The predicted octanol–water partition coefficient (Wildman–Crippen LogP) is 0.882. The highest BCUT2D eigenvalue weighted by molar-refractivity contribution is 5.96. The average molecular weight is 262 g/mol. The number of aliphatic hydroxyl groups is 1. The van der Waals surface area contributed by atoms with Gasteiger partial charge in [-0.05, 0) is 13.0 Å². The third kappa shape index (κ3) is 1.76. The van der Waals surface area contributed by atoms with Gasteiger partial charge in [0.2, 0.25) is 0 Å². The summed E-state index contributed by atoms with van der Waals surface area (Å²) in [5.41, 5.74) is -3.47. The van der Waals surface area contributed by atoms with E-state index >= 15 is 0 Å². The molecule has 0 aromatic carbocycles. The highest BCUT2D eigenvalue weighted by Gasteiger charge is 2.62. The van der Waals surface area contributed by atoms with Gasteiger partial charge in [-0.2, -0.15) is 28.4 Å². The molecule has 0 saturated heterocycles. The minimum Gasteiger partial charge on any atom is -0.362 e. The molecule has 1 amide bonds. The number of halogens is 3. The van der Waals surface area contributed by atoms with E-state index in [1.807, 2.05) is 0 Å². The minimum absolute atomic E-state index is 0.0164. The summed E-state index contributed by atoms with van der Waals surface area (Å²) in [4.78, 5) is 11.8. The summed E-state index contributed by atoms with van der Waals surface area (Å²) in [6.07, 6.45) is -4.55. The fourth-order valence-corrected chi connectivity index (χ4v) is 1.64. The van der Waals surface area contributed by atoms with Gasteiger partial charge in [-0.25, -0.2) is 0 Å². The molecule has 6 nitrogen and oxygen atoms in total. The summed E-state index contributed by atoms with van der Waals surface area (Å²) in [5.74, 6) is -1.09. The Morgan fingerprint density at radius 1 is 1.61 bits per heavy atom. The second kappa shape index (κ2) is 3.80. The minimum atomic E-state index is -5.00.